The fourth-order valence-electron chi connectivity index (χ4n) is 3.23. The fourth-order valence-corrected chi connectivity index (χ4v) is 3.23. The van der Waals surface area contributed by atoms with Crippen molar-refractivity contribution in [3.05, 3.63) is 82.7 Å². The first-order chi connectivity index (χ1) is 14.6. The highest BCUT2D eigenvalue weighted by molar-refractivity contribution is 5.79. The van der Waals surface area contributed by atoms with Gasteiger partial charge in [0.15, 0.2) is 5.96 Å². The van der Waals surface area contributed by atoms with Gasteiger partial charge in [-0.2, -0.15) is 5.10 Å². The largest absolute Gasteiger partial charge is 0.489 e. The van der Waals surface area contributed by atoms with Crippen LogP contribution in [-0.4, -0.2) is 22.3 Å². The van der Waals surface area contributed by atoms with Crippen LogP contribution in [0.25, 0.3) is 0 Å². The third-order valence-electron chi connectivity index (χ3n) is 5.00. The van der Waals surface area contributed by atoms with Crippen LogP contribution >= 0.6 is 0 Å². The van der Waals surface area contributed by atoms with E-state index in [1.165, 1.54) is 11.3 Å². The summed E-state index contributed by atoms with van der Waals surface area (Å²) < 4.78 is 7.85. The Labute approximate surface area is 179 Å². The molecule has 0 aliphatic rings. The molecule has 0 bridgehead atoms. The number of aryl methyl sites for hydroxylation is 2. The monoisotopic (exact) mass is 405 g/mol. The molecule has 0 saturated heterocycles. The quantitative estimate of drug-likeness (QED) is 0.441. The molecule has 0 unspecified atom stereocenters. The lowest BCUT2D eigenvalue weighted by Crippen LogP contribution is -2.37. The minimum atomic E-state index is 0.557. The number of nitrogens with one attached hydrogen (secondary N) is 2. The molecule has 158 valence electrons. The van der Waals surface area contributed by atoms with Crippen molar-refractivity contribution in [1.29, 1.82) is 0 Å². The minimum Gasteiger partial charge on any atom is -0.489 e. The van der Waals surface area contributed by atoms with Crippen LogP contribution in [0.1, 0.15) is 35.0 Å². The van der Waals surface area contributed by atoms with Gasteiger partial charge in [-0.05, 0) is 44.0 Å². The summed E-state index contributed by atoms with van der Waals surface area (Å²) >= 11 is 0. The summed E-state index contributed by atoms with van der Waals surface area (Å²) in [5.41, 5.74) is 5.67. The first-order valence-corrected chi connectivity index (χ1v) is 10.3. The first kappa shape index (κ1) is 21.4. The molecule has 0 fully saturated rings. The van der Waals surface area contributed by atoms with Gasteiger partial charge in [0.2, 0.25) is 0 Å². The Morgan fingerprint density at radius 3 is 2.50 bits per heavy atom. The van der Waals surface area contributed by atoms with Crippen LogP contribution in [0.2, 0.25) is 0 Å². The van der Waals surface area contributed by atoms with Crippen LogP contribution in [0.5, 0.6) is 5.75 Å². The number of aromatic nitrogens is 2. The van der Waals surface area contributed by atoms with Crippen LogP contribution in [0.15, 0.2) is 59.6 Å². The summed E-state index contributed by atoms with van der Waals surface area (Å²) in [6.45, 7) is 8.81. The third-order valence-corrected chi connectivity index (χ3v) is 5.00. The minimum absolute atomic E-state index is 0.557. The summed E-state index contributed by atoms with van der Waals surface area (Å²) in [6.07, 6.45) is 0. The molecule has 30 heavy (non-hydrogen) atoms. The van der Waals surface area contributed by atoms with Crippen molar-refractivity contribution in [1.82, 2.24) is 20.4 Å². The highest BCUT2D eigenvalue weighted by Gasteiger charge is 2.09. The van der Waals surface area contributed by atoms with Crippen molar-refractivity contribution in [2.24, 2.45) is 12.0 Å². The summed E-state index contributed by atoms with van der Waals surface area (Å²) in [5, 5.41) is 11.2. The molecule has 6 nitrogen and oxygen atoms in total. The molecule has 2 aromatic carbocycles. The zero-order valence-corrected chi connectivity index (χ0v) is 18.3. The molecule has 1 heterocycles. The third kappa shape index (κ3) is 5.86. The predicted octanol–water partition coefficient (Wildman–Crippen LogP) is 3.87. The molecule has 0 spiro atoms. The van der Waals surface area contributed by atoms with Gasteiger partial charge in [-0.1, -0.05) is 42.5 Å². The highest BCUT2D eigenvalue weighted by Crippen LogP contribution is 2.16. The Bertz CT molecular complexity index is 979. The lowest BCUT2D eigenvalue weighted by atomic mass is 10.2. The van der Waals surface area contributed by atoms with E-state index < -0.39 is 0 Å². The molecular weight excluding hydrogens is 374 g/mol. The number of ether oxygens (including phenoxy) is 1. The number of rotatable bonds is 8. The number of aliphatic imine (C=N–C) groups is 1. The van der Waals surface area contributed by atoms with E-state index in [4.69, 9.17) is 9.73 Å². The fraction of sp³-hybridized carbons (Fsp3) is 0.333. The van der Waals surface area contributed by atoms with E-state index >= 15 is 0 Å². The Morgan fingerprint density at radius 2 is 1.80 bits per heavy atom. The number of nitrogens with zero attached hydrogens (tertiary/aromatic N) is 3. The van der Waals surface area contributed by atoms with Gasteiger partial charge in [-0.15, -0.1) is 0 Å². The van der Waals surface area contributed by atoms with Gasteiger partial charge >= 0.3 is 0 Å². The molecule has 0 radical (unpaired) electrons. The maximum atomic E-state index is 5.93. The van der Waals surface area contributed by atoms with Gasteiger partial charge < -0.3 is 15.4 Å². The summed E-state index contributed by atoms with van der Waals surface area (Å²) in [5.74, 6) is 1.64. The lowest BCUT2D eigenvalue weighted by molar-refractivity contribution is 0.306. The molecule has 3 aromatic rings. The van der Waals surface area contributed by atoms with Crippen LogP contribution in [0, 0.1) is 13.8 Å². The van der Waals surface area contributed by atoms with Crippen molar-refractivity contribution in [3.63, 3.8) is 0 Å². The van der Waals surface area contributed by atoms with Gasteiger partial charge in [-0.25, -0.2) is 4.99 Å². The average molecular weight is 406 g/mol. The maximum absolute atomic E-state index is 5.93. The molecule has 6 heteroatoms. The van der Waals surface area contributed by atoms with E-state index in [0.29, 0.717) is 19.7 Å². The van der Waals surface area contributed by atoms with Crippen molar-refractivity contribution < 1.29 is 4.74 Å². The van der Waals surface area contributed by atoms with Gasteiger partial charge in [0.25, 0.3) is 0 Å². The Morgan fingerprint density at radius 1 is 1.03 bits per heavy atom. The molecule has 0 amide bonds. The van der Waals surface area contributed by atoms with E-state index in [2.05, 4.69) is 47.8 Å². The van der Waals surface area contributed by atoms with Crippen molar-refractivity contribution in [2.45, 2.75) is 40.5 Å². The molecule has 0 atom stereocenters. The van der Waals surface area contributed by atoms with E-state index in [1.807, 2.05) is 55.1 Å². The second-order valence-electron chi connectivity index (χ2n) is 7.24. The van der Waals surface area contributed by atoms with E-state index in [0.717, 1.165) is 35.1 Å². The van der Waals surface area contributed by atoms with Crippen molar-refractivity contribution in [2.75, 3.05) is 6.54 Å². The number of hydrogen-bond acceptors (Lipinski definition) is 3. The van der Waals surface area contributed by atoms with Gasteiger partial charge in [0, 0.05) is 31.4 Å². The van der Waals surface area contributed by atoms with Crippen LogP contribution < -0.4 is 15.4 Å². The maximum Gasteiger partial charge on any atom is 0.191 e. The summed E-state index contributed by atoms with van der Waals surface area (Å²) in [6, 6.07) is 18.3. The highest BCUT2D eigenvalue weighted by atomic mass is 16.5. The molecule has 2 N–H and O–H groups in total. The lowest BCUT2D eigenvalue weighted by Gasteiger charge is -2.12. The number of hydrogen-bond donors (Lipinski definition) is 2. The molecule has 0 aliphatic carbocycles. The zero-order valence-electron chi connectivity index (χ0n) is 18.3. The Balaban J connectivity index is 1.61. The second-order valence-corrected chi connectivity index (χ2v) is 7.24. The molecular formula is C24H31N5O. The number of guanidine groups is 1. The predicted molar refractivity (Wildman–Crippen MR) is 122 cm³/mol. The number of benzene rings is 2. The van der Waals surface area contributed by atoms with Crippen LogP contribution in [0.4, 0.5) is 0 Å². The van der Waals surface area contributed by atoms with Crippen LogP contribution in [0.3, 0.4) is 0 Å². The van der Waals surface area contributed by atoms with Crippen LogP contribution in [-0.2, 0) is 26.7 Å². The SMILES string of the molecule is CCNC(=NCc1cccc(OCc2ccccc2)c1)NCc1c(C)nn(C)c1C. The first-order valence-electron chi connectivity index (χ1n) is 10.3. The standard InChI is InChI=1S/C24H31N5O/c1-5-25-24(27-16-23-18(2)28-29(4)19(23)3)26-15-21-12-9-13-22(14-21)30-17-20-10-7-6-8-11-20/h6-14H,5,15-17H2,1-4H3,(H2,25,26,27). The van der Waals surface area contributed by atoms with Gasteiger partial charge in [0.05, 0.1) is 12.2 Å². The molecule has 3 rings (SSSR count). The summed E-state index contributed by atoms with van der Waals surface area (Å²) in [4.78, 5) is 4.74. The van der Waals surface area contributed by atoms with E-state index in [1.54, 1.807) is 0 Å². The molecule has 0 aliphatic heterocycles. The normalized spacial score (nSPS) is 11.4. The summed E-state index contributed by atoms with van der Waals surface area (Å²) in [7, 11) is 1.97. The van der Waals surface area contributed by atoms with E-state index in [-0.39, 0.29) is 0 Å². The van der Waals surface area contributed by atoms with Crippen molar-refractivity contribution in [3.8, 4) is 5.75 Å². The molecule has 0 saturated carbocycles. The second kappa shape index (κ2) is 10.5. The van der Waals surface area contributed by atoms with E-state index in [9.17, 15) is 0 Å². The van der Waals surface area contributed by atoms with Gasteiger partial charge in [0.1, 0.15) is 12.4 Å². The Hall–Kier alpha value is -3.28. The molecule has 1 aromatic heterocycles. The van der Waals surface area contributed by atoms with Crippen molar-refractivity contribution >= 4 is 5.96 Å². The smallest absolute Gasteiger partial charge is 0.191 e. The average Bonchev–Trinajstić information content (AvgIpc) is 3.01. The Kier molecular flexibility index (Phi) is 7.49. The zero-order chi connectivity index (χ0) is 21.3. The topological polar surface area (TPSA) is 63.5 Å². The van der Waals surface area contributed by atoms with Gasteiger partial charge in [-0.3, -0.25) is 4.68 Å².